The van der Waals surface area contributed by atoms with E-state index in [2.05, 4.69) is 0 Å². The molecule has 140 heavy (non-hydrogen) atoms. The van der Waals surface area contributed by atoms with E-state index in [1.54, 1.807) is 71.0 Å². The molecule has 16 rings (SSSR count). The Bertz CT molecular complexity index is 6690. The molecule has 0 radical (unpaired) electrons. The lowest BCUT2D eigenvalue weighted by Crippen LogP contribution is -2.35. The summed E-state index contributed by atoms with van der Waals surface area (Å²) < 4.78 is 216. The van der Waals surface area contributed by atoms with E-state index < -0.39 is 184 Å². The summed E-state index contributed by atoms with van der Waals surface area (Å²) in [6.45, 7) is 5.99. The first kappa shape index (κ1) is 106. The van der Waals surface area contributed by atoms with Crippen molar-refractivity contribution in [2.24, 2.45) is 47.3 Å². The molecule has 1 saturated heterocycles. The zero-order chi connectivity index (χ0) is 101. The normalized spacial score (nSPS) is 19.4. The van der Waals surface area contributed by atoms with Crippen LogP contribution in [0, 0.1) is 82.0 Å². The molecule has 9 unspecified atom stereocenters. The molecule has 0 aromatic heterocycles. The highest BCUT2D eigenvalue weighted by Gasteiger charge is 2.64. The Morgan fingerprint density at radius 2 is 0.771 bits per heavy atom. The van der Waals surface area contributed by atoms with E-state index in [1.165, 1.54) is 67.1 Å². The Labute approximate surface area is 807 Å². The van der Waals surface area contributed by atoms with Gasteiger partial charge >= 0.3 is 65.7 Å². The minimum absolute atomic E-state index is 0.00634. The van der Waals surface area contributed by atoms with Crippen LogP contribution in [-0.2, 0) is 108 Å². The summed E-state index contributed by atoms with van der Waals surface area (Å²) in [4.78, 5) is 136. The van der Waals surface area contributed by atoms with Gasteiger partial charge in [-0.25, -0.2) is 66.1 Å². The molecule has 0 N–H and O–H groups in total. The van der Waals surface area contributed by atoms with Crippen molar-refractivity contribution >= 4 is 122 Å². The van der Waals surface area contributed by atoms with Crippen molar-refractivity contribution in [3.63, 3.8) is 0 Å². The van der Waals surface area contributed by atoms with Gasteiger partial charge in [0, 0.05) is 5.92 Å². The molecule has 746 valence electrons. The van der Waals surface area contributed by atoms with Crippen molar-refractivity contribution in [3.05, 3.63) is 248 Å². The molecule has 9 atom stereocenters. The van der Waals surface area contributed by atoms with Crippen molar-refractivity contribution in [3.8, 4) is 39.9 Å². The summed E-state index contributed by atoms with van der Waals surface area (Å²) in [5.41, 5.74) is 9.02. The molecule has 0 spiro atoms. The van der Waals surface area contributed by atoms with Gasteiger partial charge in [-0.3, -0.25) is 28.8 Å². The fourth-order valence-electron chi connectivity index (χ4n) is 17.8. The summed E-state index contributed by atoms with van der Waals surface area (Å²) in [6, 6.07) is 45.1. The lowest BCUT2D eigenvalue weighted by atomic mass is 9.80. The van der Waals surface area contributed by atoms with Crippen molar-refractivity contribution in [2.45, 2.75) is 123 Å². The molecule has 7 aliphatic carbocycles. The van der Waals surface area contributed by atoms with E-state index in [0.29, 0.717) is 40.7 Å². The molecule has 0 amide bonds. The average Bonchev–Trinajstić information content (AvgIpc) is 1.56. The SMILES string of the molecule is Cc1ccc(C(=O)OCCS(=O)(=O)[O-])c(OC(=O)C2C=Cc3ccccc32)c1.Cc1ccc(C(=O)OCCS(=O)(=O)[O-])c(OC(=O)C2c3ccccc3-c3ccccc32)c1.Cc1ccc(C(=O)OCCS(=O)(=O)[O-])cc1OC(=O)C1C2CC3OC(=O)C1C3C2.Cc1ccc(C(=O)OCCS(=O)(=O)[O-])cc1OC(=O)C1CC2CCC1C2.Cc1ccc(C(=O)OCCS(=O)(=O)[O-])cc1OC(=O)C1CCCCC1. The zero-order valence-electron chi connectivity index (χ0n) is 76.1. The highest BCUT2D eigenvalue weighted by Crippen LogP contribution is 2.58. The number of carbonyl (C=O) groups is 11. The third-order valence-corrected chi connectivity index (χ3v) is 28.1. The van der Waals surface area contributed by atoms with E-state index in [4.69, 9.17) is 52.1 Å². The molecule has 42 heteroatoms. The van der Waals surface area contributed by atoms with E-state index in [-0.39, 0.29) is 98.5 Å². The van der Waals surface area contributed by atoms with Gasteiger partial charge in [0.05, 0.1) is 120 Å². The number of hydrogen-bond donors (Lipinski definition) is 0. The van der Waals surface area contributed by atoms with Crippen LogP contribution in [0.1, 0.15) is 184 Å². The Morgan fingerprint density at radius 1 is 0.371 bits per heavy atom. The maximum atomic E-state index is 13.3. The maximum Gasteiger partial charge on any atom is 0.341 e. The third-order valence-electron chi connectivity index (χ3n) is 24.7. The second-order valence-electron chi connectivity index (χ2n) is 34.6. The van der Waals surface area contributed by atoms with E-state index in [0.717, 1.165) is 102 Å². The van der Waals surface area contributed by atoms with Crippen molar-refractivity contribution < 1.29 is 170 Å². The van der Waals surface area contributed by atoms with E-state index in [1.807, 2.05) is 78.9 Å². The number of rotatable bonds is 30. The molecule has 4 bridgehead atoms. The Balaban J connectivity index is 0.000000157. The monoisotopic (exact) mass is 2030 g/mol. The van der Waals surface area contributed by atoms with Gasteiger partial charge in [-0.2, -0.15) is 0 Å². The number of benzene rings is 8. The second kappa shape index (κ2) is 46.1. The van der Waals surface area contributed by atoms with Gasteiger partial charge < -0.3 is 74.9 Å². The lowest BCUT2D eigenvalue weighted by Gasteiger charge is -2.23. The molecule has 1 aliphatic heterocycles. The molecule has 1 heterocycles. The van der Waals surface area contributed by atoms with Crippen LogP contribution < -0.4 is 23.7 Å². The second-order valence-corrected chi connectivity index (χ2v) is 42.3. The first-order valence-corrected chi connectivity index (χ1v) is 52.3. The lowest BCUT2D eigenvalue weighted by molar-refractivity contribution is -0.149. The Hall–Kier alpha value is -12.8. The topological polar surface area (TPSA) is 575 Å². The maximum absolute atomic E-state index is 13.3. The number of aryl methyl sites for hydroxylation is 5. The summed E-state index contributed by atoms with van der Waals surface area (Å²) in [5.74, 6) is -11.3. The number of ether oxygens (including phenoxy) is 11. The molecular weight excluding hydrogens is 1930 g/mol. The molecular formula is C98H97O37S5-5. The van der Waals surface area contributed by atoms with Gasteiger partial charge in [0.2, 0.25) is 0 Å². The average molecular weight is 2030 g/mol. The molecule has 8 aromatic carbocycles. The van der Waals surface area contributed by atoms with Crippen molar-refractivity contribution in [1.82, 2.24) is 0 Å². The van der Waals surface area contributed by atoms with Crippen LogP contribution in [0.2, 0.25) is 0 Å². The van der Waals surface area contributed by atoms with Gasteiger partial charge in [-0.1, -0.05) is 141 Å². The highest BCUT2D eigenvalue weighted by molar-refractivity contribution is 7.86. The van der Waals surface area contributed by atoms with Gasteiger partial charge in [-0.15, -0.1) is 0 Å². The number of carbonyl (C=O) groups excluding carboxylic acids is 11. The minimum Gasteiger partial charge on any atom is -0.748 e. The fourth-order valence-corrected chi connectivity index (χ4v) is 19.3. The van der Waals surface area contributed by atoms with Gasteiger partial charge in [0.25, 0.3) is 0 Å². The first-order valence-electron chi connectivity index (χ1n) is 44.4. The summed E-state index contributed by atoms with van der Waals surface area (Å²) in [7, 11) is -22.4. The first-order chi connectivity index (χ1) is 66.1. The number of esters is 11. The summed E-state index contributed by atoms with van der Waals surface area (Å²) in [5, 5.41) is 0. The molecule has 8 aliphatic rings. The Kier molecular flexibility index (Phi) is 34.9. The van der Waals surface area contributed by atoms with Crippen LogP contribution >= 0.6 is 0 Å². The van der Waals surface area contributed by atoms with Crippen LogP contribution in [0.5, 0.6) is 28.7 Å². The number of hydrogen-bond acceptors (Lipinski definition) is 37. The van der Waals surface area contributed by atoms with Gasteiger partial charge in [0.1, 0.15) is 90.8 Å². The Morgan fingerprint density at radius 3 is 1.20 bits per heavy atom. The molecule has 8 aromatic rings. The van der Waals surface area contributed by atoms with Crippen LogP contribution in [0.15, 0.2) is 170 Å². The number of fused-ring (bicyclic) bond motifs is 7. The van der Waals surface area contributed by atoms with E-state index >= 15 is 0 Å². The molecule has 6 fully saturated rings. The fraction of sp³-hybridized carbons (Fsp3) is 0.378. The molecule has 5 saturated carbocycles. The largest absolute Gasteiger partial charge is 0.748 e. The summed E-state index contributed by atoms with van der Waals surface area (Å²) in [6.07, 6.45) is 13.9. The van der Waals surface area contributed by atoms with Crippen LogP contribution in [0.3, 0.4) is 0 Å². The predicted octanol–water partition coefficient (Wildman–Crippen LogP) is 10.8. The van der Waals surface area contributed by atoms with E-state index in [9.17, 15) is 118 Å². The highest BCUT2D eigenvalue weighted by atomic mass is 32.2. The smallest absolute Gasteiger partial charge is 0.341 e. The van der Waals surface area contributed by atoms with Gasteiger partial charge in [-0.05, 0) is 219 Å². The van der Waals surface area contributed by atoms with Crippen molar-refractivity contribution in [2.75, 3.05) is 61.8 Å². The predicted molar refractivity (Wildman–Crippen MR) is 489 cm³/mol. The standard InChI is InChI=1S/C24H20O7S.C20H18O7S.C19H20O9S.C18H22O7S.C17H22O7S/c1-15-10-11-20(23(25)30-12-13-32(27,28)29)21(14-15)31-24(26)22-18-8-4-2-6-16(18)17-7-3-5-9-19(17)22;1-13-6-8-17(19(21)26-10-11-28(23,24)25)18(12-13)27-20(22)16-9-7-14-4-2-3-5-15(14)16;1-9-2-3-10(17(20)26-4-5-29(23,24)25)7-13(9)27-18(21)15-11-6-12-14(8-11)28-19(22)16(12)15;1-11-2-4-14(17(19)24-6-7-26(21,22)23)10-16(11)25-18(20)15-9-12-3-5-13(15)8-12;1-12-7-8-14(16(18)23-9-10-25(20,21)22)11-15(12)24-17(19)13-5-3-2-4-6-13/h2-11,14,22H,12-13H2,1H3,(H,27,28,29);2-9,12,16H,10-11H2,1H3,(H,23,24,25);2-3,7,11-12,14-16H,4-6,8H2,1H3,(H,23,24,25);2,4,10,12-13,15H,3,5-9H2,1H3,(H,21,22,23);7-8,11,13H,2-6,9-10H2,1H3,(H,20,21,22)/p-5. The quantitative estimate of drug-likeness (QED) is 0.0175. The van der Waals surface area contributed by atoms with Crippen LogP contribution in [0.4, 0.5) is 0 Å². The zero-order valence-corrected chi connectivity index (χ0v) is 80.2. The minimum atomic E-state index is -4.52. The van der Waals surface area contributed by atoms with Crippen LogP contribution in [0.25, 0.3) is 17.2 Å². The van der Waals surface area contributed by atoms with Crippen LogP contribution in [-0.4, -0.2) is 198 Å². The molecule has 37 nitrogen and oxygen atoms in total. The van der Waals surface area contributed by atoms with Crippen molar-refractivity contribution in [1.29, 1.82) is 0 Å². The third kappa shape index (κ3) is 29.0. The summed E-state index contributed by atoms with van der Waals surface area (Å²) >= 11 is 0. The van der Waals surface area contributed by atoms with Gasteiger partial charge in [0.15, 0.2) is 0 Å².